The van der Waals surface area contributed by atoms with E-state index in [1.165, 1.54) is 4.31 Å². The third kappa shape index (κ3) is 2.80. The van der Waals surface area contributed by atoms with E-state index in [2.05, 4.69) is 5.32 Å². The topological polar surface area (TPSA) is 79.6 Å². The highest BCUT2D eigenvalue weighted by molar-refractivity contribution is 7.93. The molecule has 1 aromatic heterocycles. The van der Waals surface area contributed by atoms with Gasteiger partial charge in [0.1, 0.15) is 17.0 Å². The van der Waals surface area contributed by atoms with E-state index in [4.69, 9.17) is 4.42 Å². The summed E-state index contributed by atoms with van der Waals surface area (Å²) in [5.74, 6) is -0.663. The molecule has 6 nitrogen and oxygen atoms in total. The van der Waals surface area contributed by atoms with Crippen LogP contribution in [-0.4, -0.2) is 14.3 Å². The molecular weight excluding hydrogens is 484 g/mol. The second-order valence-electron chi connectivity index (χ2n) is 9.50. The molecule has 0 radical (unpaired) electrons. The summed E-state index contributed by atoms with van der Waals surface area (Å²) in [6.07, 6.45) is 0. The van der Waals surface area contributed by atoms with Crippen molar-refractivity contribution in [3.63, 3.8) is 0 Å². The van der Waals surface area contributed by atoms with Gasteiger partial charge in [-0.05, 0) is 42.8 Å². The molecule has 7 rings (SSSR count). The maximum absolute atomic E-state index is 14.6. The average Bonchev–Trinajstić information content (AvgIpc) is 3.52. The first-order valence-electron chi connectivity index (χ1n) is 12.0. The number of rotatable bonds is 3. The lowest BCUT2D eigenvalue weighted by molar-refractivity contribution is -0.120. The van der Waals surface area contributed by atoms with Crippen LogP contribution in [0.5, 0.6) is 0 Å². The van der Waals surface area contributed by atoms with Gasteiger partial charge in [0.15, 0.2) is 5.54 Å². The van der Waals surface area contributed by atoms with Crippen LogP contribution < -0.4 is 9.62 Å². The molecule has 3 heterocycles. The normalized spacial score (nSPS) is 20.3. The molecule has 2 aliphatic heterocycles. The molecule has 182 valence electrons. The highest BCUT2D eigenvalue weighted by Gasteiger charge is 2.67. The van der Waals surface area contributed by atoms with Crippen LogP contribution in [0, 0.1) is 6.92 Å². The lowest BCUT2D eigenvalue weighted by atomic mass is 9.76. The minimum absolute atomic E-state index is 0.111. The summed E-state index contributed by atoms with van der Waals surface area (Å²) in [7, 11) is -4.23. The molecule has 5 aromatic rings. The first-order chi connectivity index (χ1) is 17.9. The van der Waals surface area contributed by atoms with Gasteiger partial charge in [-0.1, -0.05) is 78.4 Å². The van der Waals surface area contributed by atoms with Gasteiger partial charge in [0, 0.05) is 16.6 Å². The number of hydrogen-bond acceptors (Lipinski definition) is 4. The Labute approximate surface area is 214 Å². The zero-order valence-corrected chi connectivity index (χ0v) is 20.7. The fourth-order valence-corrected chi connectivity index (χ4v) is 7.64. The van der Waals surface area contributed by atoms with Crippen molar-refractivity contribution in [2.45, 2.75) is 23.3 Å². The van der Waals surface area contributed by atoms with Gasteiger partial charge in [0.2, 0.25) is 0 Å². The fraction of sp³-hybridized carbons (Fsp3) is 0.100. The summed E-state index contributed by atoms with van der Waals surface area (Å²) < 4.78 is 37.0. The van der Waals surface area contributed by atoms with Crippen molar-refractivity contribution in [3.8, 4) is 0 Å². The number of hydrogen-bond donors (Lipinski definition) is 1. The quantitative estimate of drug-likeness (QED) is 0.329. The van der Waals surface area contributed by atoms with Gasteiger partial charge in [0.25, 0.3) is 15.9 Å². The third-order valence-electron chi connectivity index (χ3n) is 7.42. The molecule has 2 aliphatic rings. The minimum atomic E-state index is -4.23. The largest absolute Gasteiger partial charge is 0.458 e. The molecule has 37 heavy (non-hydrogen) atoms. The van der Waals surface area contributed by atoms with Gasteiger partial charge >= 0.3 is 0 Å². The zero-order valence-electron chi connectivity index (χ0n) is 19.9. The van der Waals surface area contributed by atoms with Crippen LogP contribution in [0.4, 0.5) is 11.4 Å². The molecule has 1 amide bonds. The van der Waals surface area contributed by atoms with Crippen molar-refractivity contribution in [1.29, 1.82) is 0 Å². The van der Waals surface area contributed by atoms with Crippen LogP contribution in [-0.2, 0) is 20.4 Å². The number of aryl methyl sites for hydroxylation is 1. The van der Waals surface area contributed by atoms with Crippen LogP contribution in [0.2, 0.25) is 0 Å². The Bertz CT molecular complexity index is 1810. The Balaban J connectivity index is 1.64. The van der Waals surface area contributed by atoms with Gasteiger partial charge in [0.05, 0.1) is 10.8 Å². The predicted molar refractivity (Wildman–Crippen MR) is 142 cm³/mol. The van der Waals surface area contributed by atoms with Crippen molar-refractivity contribution in [2.75, 3.05) is 9.62 Å². The number of benzene rings is 4. The average molecular weight is 507 g/mol. The molecule has 7 heteroatoms. The van der Waals surface area contributed by atoms with Crippen molar-refractivity contribution in [1.82, 2.24) is 0 Å². The molecule has 1 N–H and O–H groups in total. The van der Waals surface area contributed by atoms with Crippen LogP contribution in [0.15, 0.2) is 112 Å². The summed E-state index contributed by atoms with van der Waals surface area (Å²) in [5, 5.41) is 3.62. The lowest BCUT2D eigenvalue weighted by Gasteiger charge is -2.38. The molecule has 1 spiro atoms. The van der Waals surface area contributed by atoms with Gasteiger partial charge in [-0.3, -0.25) is 4.79 Å². The van der Waals surface area contributed by atoms with Gasteiger partial charge in [-0.2, -0.15) is 0 Å². The third-order valence-corrected chi connectivity index (χ3v) is 9.24. The Kier molecular flexibility index (Phi) is 4.48. The number of para-hydroxylation sites is 2. The Morgan fingerprint density at radius 2 is 1.51 bits per heavy atom. The molecule has 2 unspecified atom stereocenters. The number of carbonyl (C=O) groups is 1. The van der Waals surface area contributed by atoms with Crippen LogP contribution in [0.25, 0.3) is 11.0 Å². The van der Waals surface area contributed by atoms with Gasteiger partial charge in [-0.25, -0.2) is 12.7 Å². The van der Waals surface area contributed by atoms with Crippen molar-refractivity contribution in [2.24, 2.45) is 0 Å². The zero-order chi connectivity index (χ0) is 25.4. The van der Waals surface area contributed by atoms with E-state index >= 15 is 0 Å². The monoisotopic (exact) mass is 506 g/mol. The number of nitrogens with zero attached hydrogens (tertiary/aromatic N) is 1. The molecule has 4 aromatic carbocycles. The lowest BCUT2D eigenvalue weighted by Crippen LogP contribution is -2.54. The number of nitrogens with one attached hydrogen (secondary N) is 1. The van der Waals surface area contributed by atoms with Crippen LogP contribution in [0.3, 0.4) is 0 Å². The summed E-state index contributed by atoms with van der Waals surface area (Å²) in [6, 6.07) is 30.9. The number of furan rings is 1. The molecule has 0 saturated carbocycles. The number of amides is 1. The maximum atomic E-state index is 14.6. The Hall–Kier alpha value is -4.36. The summed E-state index contributed by atoms with van der Waals surface area (Å²) in [4.78, 5) is 14.3. The molecule has 0 saturated heterocycles. The Morgan fingerprint density at radius 1 is 0.838 bits per heavy atom. The summed E-state index contributed by atoms with van der Waals surface area (Å²) >= 11 is 0. The number of anilines is 2. The van der Waals surface area contributed by atoms with E-state index in [0.29, 0.717) is 33.7 Å². The van der Waals surface area contributed by atoms with E-state index in [-0.39, 0.29) is 4.90 Å². The standard InChI is InChI=1S/C30H22N2O4S/c1-19-15-17-21(18-16-19)37(34,35)32-27-22-11-5-8-14-25(22)36-28(27)26(20-9-3-2-4-10-20)30(32)23-12-6-7-13-24(23)31-29(30)33/h2-18,26H,1H3,(H,31,33). The van der Waals surface area contributed by atoms with E-state index in [1.807, 2.05) is 79.7 Å². The first-order valence-corrected chi connectivity index (χ1v) is 13.5. The van der Waals surface area contributed by atoms with Gasteiger partial charge < -0.3 is 9.73 Å². The van der Waals surface area contributed by atoms with Gasteiger partial charge in [-0.15, -0.1) is 0 Å². The Morgan fingerprint density at radius 3 is 2.30 bits per heavy atom. The van der Waals surface area contributed by atoms with Crippen molar-refractivity contribution >= 4 is 38.3 Å². The van der Waals surface area contributed by atoms with Crippen molar-refractivity contribution < 1.29 is 17.6 Å². The first kappa shape index (κ1) is 21.9. The minimum Gasteiger partial charge on any atom is -0.458 e. The maximum Gasteiger partial charge on any atom is 0.265 e. The van der Waals surface area contributed by atoms with Crippen LogP contribution in [0.1, 0.15) is 28.4 Å². The molecule has 0 fully saturated rings. The van der Waals surface area contributed by atoms with E-state index in [0.717, 1.165) is 11.1 Å². The highest BCUT2D eigenvalue weighted by atomic mass is 32.2. The van der Waals surface area contributed by atoms with E-state index in [1.54, 1.807) is 30.3 Å². The molecule has 0 aliphatic carbocycles. The van der Waals surface area contributed by atoms with Crippen molar-refractivity contribution in [3.05, 3.63) is 126 Å². The smallest absolute Gasteiger partial charge is 0.265 e. The number of sulfonamides is 1. The number of fused-ring (bicyclic) bond motifs is 5. The molecular formula is C30H22N2O4S. The second kappa shape index (κ2) is 7.57. The summed E-state index contributed by atoms with van der Waals surface area (Å²) in [5.41, 5.74) is 2.27. The SMILES string of the molecule is Cc1ccc(S(=O)(=O)N2c3c(oc4ccccc34)C(c3ccccc3)C23C(=O)Nc2ccccc23)cc1. The molecule has 0 bridgehead atoms. The number of carbonyl (C=O) groups excluding carboxylic acids is 1. The highest BCUT2D eigenvalue weighted by Crippen LogP contribution is 2.63. The summed E-state index contributed by atoms with van der Waals surface area (Å²) in [6.45, 7) is 1.90. The molecule has 2 atom stereocenters. The van der Waals surface area contributed by atoms with E-state index < -0.39 is 27.4 Å². The van der Waals surface area contributed by atoms with Crippen LogP contribution >= 0.6 is 0 Å². The fourth-order valence-electron chi connectivity index (χ4n) is 5.86. The predicted octanol–water partition coefficient (Wildman–Crippen LogP) is 5.93. The second-order valence-corrected chi connectivity index (χ2v) is 11.3. The van der Waals surface area contributed by atoms with E-state index in [9.17, 15) is 13.2 Å².